The van der Waals surface area contributed by atoms with Gasteiger partial charge in [0.2, 0.25) is 0 Å². The Kier molecular flexibility index (Phi) is 8.70. The van der Waals surface area contributed by atoms with Gasteiger partial charge in [-0.3, -0.25) is 0 Å². The van der Waals surface area contributed by atoms with E-state index >= 15 is 0 Å². The number of fused-ring (bicyclic) bond motifs is 6. The lowest BCUT2D eigenvalue weighted by molar-refractivity contribution is 0.279. The number of hydrogen-bond donors (Lipinski definition) is 0. The fraction of sp³-hybridized carbons (Fsp3) is 0.0702. The van der Waals surface area contributed by atoms with Gasteiger partial charge >= 0.3 is 0 Å². The van der Waals surface area contributed by atoms with E-state index in [1.807, 2.05) is 12.1 Å². The summed E-state index contributed by atoms with van der Waals surface area (Å²) < 4.78 is 8.70. The first kappa shape index (κ1) is 36.0. The lowest BCUT2D eigenvalue weighted by Gasteiger charge is -2.17. The number of nitrogens with zero attached hydrogens (tertiary/aromatic N) is 4. The number of aromatic nitrogens is 4. The summed E-state index contributed by atoms with van der Waals surface area (Å²) in [6, 6.07) is 60.7. The highest BCUT2D eigenvalue weighted by atomic mass is 16.5. The number of rotatable bonds is 7. The van der Waals surface area contributed by atoms with Gasteiger partial charge < -0.3 is 9.30 Å². The Bertz CT molecular complexity index is 3350. The zero-order valence-electron chi connectivity index (χ0n) is 33.9. The number of allylic oxidation sites excluding steroid dienone is 6. The number of para-hydroxylation sites is 3. The third kappa shape index (κ3) is 6.29. The van der Waals surface area contributed by atoms with Crippen molar-refractivity contribution in [2.24, 2.45) is 0 Å². The highest BCUT2D eigenvalue weighted by molar-refractivity contribution is 6.14. The molecule has 7 aromatic carbocycles. The lowest BCUT2D eigenvalue weighted by Crippen LogP contribution is -2.14. The van der Waals surface area contributed by atoms with Crippen molar-refractivity contribution in [1.29, 1.82) is 0 Å². The van der Waals surface area contributed by atoms with Crippen molar-refractivity contribution in [1.82, 2.24) is 19.5 Å². The van der Waals surface area contributed by atoms with Crippen LogP contribution < -0.4 is 4.74 Å². The molecule has 5 heteroatoms. The molecule has 62 heavy (non-hydrogen) atoms. The van der Waals surface area contributed by atoms with Gasteiger partial charge in [0.25, 0.3) is 0 Å². The molecule has 294 valence electrons. The Labute approximate surface area is 360 Å². The first-order chi connectivity index (χ1) is 30.7. The molecule has 0 N–H and O–H groups in total. The second kappa shape index (κ2) is 15.0. The largest absolute Gasteiger partial charge is 0.485 e. The minimum absolute atomic E-state index is 0.0136. The Balaban J connectivity index is 0.935. The molecule has 1 aliphatic heterocycles. The predicted octanol–water partition coefficient (Wildman–Crippen LogP) is 14.0. The topological polar surface area (TPSA) is 52.8 Å². The molecule has 1 atom stereocenters. The summed E-state index contributed by atoms with van der Waals surface area (Å²) in [4.78, 5) is 15.4. The average Bonchev–Trinajstić information content (AvgIpc) is 3.90. The maximum atomic E-state index is 6.29. The van der Waals surface area contributed by atoms with Gasteiger partial charge in [-0.1, -0.05) is 152 Å². The van der Waals surface area contributed by atoms with Crippen molar-refractivity contribution in [3.05, 3.63) is 217 Å². The van der Waals surface area contributed by atoms with Crippen LogP contribution in [-0.2, 0) is 0 Å². The van der Waals surface area contributed by atoms with Gasteiger partial charge in [-0.05, 0) is 94.8 Å². The first-order valence-electron chi connectivity index (χ1n) is 21.4. The highest BCUT2D eigenvalue weighted by Crippen LogP contribution is 2.44. The van der Waals surface area contributed by atoms with Gasteiger partial charge in [-0.2, -0.15) is 0 Å². The van der Waals surface area contributed by atoms with Crippen molar-refractivity contribution in [2.45, 2.75) is 25.4 Å². The summed E-state index contributed by atoms with van der Waals surface area (Å²) in [5.41, 5.74) is 15.9. The standard InChI is InChI=1S/C57H40N4O/c1-4-15-37(16-5-1)46-26-14-27-48-49-35-42(29-31-51(49)61(54(46)48)45-23-8-3-9-24-45)40-20-12-19-39(33-40)41-21-13-22-43(34-41)56-58-55(38-17-6-2-7-18-38)59-57(60-56)44-30-32-53-50(36-44)47-25-10-11-28-52(47)62-53/h1-6,8-17,19-31,33-36,53H,7,18,32H2. The van der Waals surface area contributed by atoms with Crippen molar-refractivity contribution in [3.8, 4) is 56.2 Å². The minimum atomic E-state index is 0.0136. The molecule has 0 radical (unpaired) electrons. The van der Waals surface area contributed by atoms with Crippen LogP contribution in [0.2, 0.25) is 0 Å². The Morgan fingerprint density at radius 3 is 2.00 bits per heavy atom. The molecule has 12 rings (SSSR count). The average molecular weight is 797 g/mol. The van der Waals surface area contributed by atoms with Crippen LogP contribution in [0.1, 0.15) is 36.5 Å². The van der Waals surface area contributed by atoms with Crippen LogP contribution in [0.25, 0.3) is 89.0 Å². The van der Waals surface area contributed by atoms with Crippen LogP contribution in [0, 0.1) is 0 Å². The molecule has 1 unspecified atom stereocenters. The summed E-state index contributed by atoms with van der Waals surface area (Å²) in [7, 11) is 0. The molecule has 0 spiro atoms. The lowest BCUT2D eigenvalue weighted by atomic mass is 9.92. The molecule has 0 fully saturated rings. The summed E-state index contributed by atoms with van der Waals surface area (Å²) in [6.07, 6.45) is 13.5. The van der Waals surface area contributed by atoms with E-state index in [1.54, 1.807) is 0 Å². The molecule has 2 aliphatic carbocycles. The van der Waals surface area contributed by atoms with E-state index in [1.165, 1.54) is 44.1 Å². The van der Waals surface area contributed by atoms with Crippen molar-refractivity contribution in [3.63, 3.8) is 0 Å². The number of hydrogen-bond acceptors (Lipinski definition) is 4. The van der Waals surface area contributed by atoms with Crippen molar-refractivity contribution >= 4 is 38.5 Å². The summed E-state index contributed by atoms with van der Waals surface area (Å²) in [5.74, 6) is 3.01. The van der Waals surface area contributed by atoms with Gasteiger partial charge in [0, 0.05) is 50.7 Å². The van der Waals surface area contributed by atoms with Gasteiger partial charge in [0.15, 0.2) is 17.5 Å². The fourth-order valence-electron chi connectivity index (χ4n) is 9.39. The Morgan fingerprint density at radius 1 is 0.532 bits per heavy atom. The van der Waals surface area contributed by atoms with E-state index in [2.05, 4.69) is 193 Å². The van der Waals surface area contributed by atoms with E-state index in [9.17, 15) is 0 Å². The summed E-state index contributed by atoms with van der Waals surface area (Å²) in [5, 5.41) is 2.45. The third-order valence-corrected chi connectivity index (χ3v) is 12.4. The van der Waals surface area contributed by atoms with Crippen LogP contribution in [-0.4, -0.2) is 25.6 Å². The molecular formula is C57H40N4O. The van der Waals surface area contributed by atoms with E-state index in [4.69, 9.17) is 19.7 Å². The van der Waals surface area contributed by atoms with Crippen LogP contribution in [0.15, 0.2) is 200 Å². The maximum Gasteiger partial charge on any atom is 0.164 e. The van der Waals surface area contributed by atoms with E-state index in [0.717, 1.165) is 75.5 Å². The maximum absolute atomic E-state index is 6.29. The molecule has 5 nitrogen and oxygen atoms in total. The zero-order chi connectivity index (χ0) is 41.0. The molecule has 0 saturated heterocycles. The van der Waals surface area contributed by atoms with Crippen molar-refractivity contribution in [2.75, 3.05) is 0 Å². The van der Waals surface area contributed by atoms with Gasteiger partial charge in [-0.25, -0.2) is 15.0 Å². The van der Waals surface area contributed by atoms with Crippen molar-refractivity contribution < 1.29 is 4.74 Å². The highest BCUT2D eigenvalue weighted by Gasteiger charge is 2.31. The number of ether oxygens (including phenoxy) is 1. The van der Waals surface area contributed by atoms with Gasteiger partial charge in [-0.15, -0.1) is 0 Å². The molecule has 2 aromatic heterocycles. The summed E-state index contributed by atoms with van der Waals surface area (Å²) >= 11 is 0. The molecule has 3 aliphatic rings. The van der Waals surface area contributed by atoms with Gasteiger partial charge in [0.1, 0.15) is 11.9 Å². The quantitative estimate of drug-likeness (QED) is 0.161. The van der Waals surface area contributed by atoms with Crippen LogP contribution in [0.4, 0.5) is 0 Å². The zero-order valence-corrected chi connectivity index (χ0v) is 33.9. The molecule has 0 bridgehead atoms. The first-order valence-corrected chi connectivity index (χ1v) is 21.4. The van der Waals surface area contributed by atoms with Gasteiger partial charge in [0.05, 0.1) is 11.0 Å². The molecule has 3 heterocycles. The monoisotopic (exact) mass is 796 g/mol. The predicted molar refractivity (Wildman–Crippen MR) is 254 cm³/mol. The third-order valence-electron chi connectivity index (χ3n) is 12.4. The van der Waals surface area contributed by atoms with E-state index in [-0.39, 0.29) is 6.10 Å². The second-order valence-electron chi connectivity index (χ2n) is 16.2. The SMILES string of the molecule is C1=CCCC(c2nc(C3=CCC4Oc5ccccc5C4=C3)nc(-c3cccc(-c4cccc(-c5ccc6c(c5)c5cccc(-c7ccccc7)c5n6-c5ccccc5)c4)c3)n2)=C1. The number of benzene rings is 7. The van der Waals surface area contributed by atoms with E-state index in [0.29, 0.717) is 11.6 Å². The van der Waals surface area contributed by atoms with Crippen LogP contribution >= 0.6 is 0 Å². The minimum Gasteiger partial charge on any atom is -0.485 e. The molecule has 0 amide bonds. The van der Waals surface area contributed by atoms with Crippen LogP contribution in [0.5, 0.6) is 5.75 Å². The smallest absolute Gasteiger partial charge is 0.164 e. The molecule has 9 aromatic rings. The second-order valence-corrected chi connectivity index (χ2v) is 16.2. The van der Waals surface area contributed by atoms with Crippen LogP contribution in [0.3, 0.4) is 0 Å². The molecule has 0 saturated carbocycles. The fourth-order valence-corrected chi connectivity index (χ4v) is 9.39. The Hall–Kier alpha value is -7.89. The summed E-state index contributed by atoms with van der Waals surface area (Å²) in [6.45, 7) is 0. The molecular weight excluding hydrogens is 757 g/mol. The van der Waals surface area contributed by atoms with E-state index < -0.39 is 0 Å². The normalized spacial score (nSPS) is 15.4. The Morgan fingerprint density at radius 2 is 1.19 bits per heavy atom.